The van der Waals surface area contributed by atoms with Crippen LogP contribution in [0.1, 0.15) is 49.5 Å². The van der Waals surface area contributed by atoms with Crippen molar-refractivity contribution in [1.82, 2.24) is 15.3 Å². The summed E-state index contributed by atoms with van der Waals surface area (Å²) >= 11 is 0. The van der Waals surface area contributed by atoms with Crippen molar-refractivity contribution in [3.8, 4) is 11.4 Å². The molecule has 2 heterocycles. The van der Waals surface area contributed by atoms with Crippen molar-refractivity contribution in [3.63, 3.8) is 0 Å². The molecule has 5 nitrogen and oxygen atoms in total. The van der Waals surface area contributed by atoms with E-state index >= 15 is 0 Å². The molecule has 1 aliphatic rings. The highest BCUT2D eigenvalue weighted by atomic mass is 16.1. The molecular weight excluding hydrogens is 336 g/mol. The lowest BCUT2D eigenvalue weighted by atomic mass is 9.99. The smallest absolute Gasteiger partial charge is 0.256 e. The number of anilines is 1. The molecule has 0 atom stereocenters. The Kier molecular flexibility index (Phi) is 6.09. The molecule has 1 saturated heterocycles. The molecule has 0 radical (unpaired) electrons. The molecule has 1 N–H and O–H groups in total. The first-order valence-electron chi connectivity index (χ1n) is 9.91. The highest BCUT2D eigenvalue weighted by molar-refractivity contribution is 5.99. The van der Waals surface area contributed by atoms with E-state index in [2.05, 4.69) is 55.0 Å². The van der Waals surface area contributed by atoms with Gasteiger partial charge >= 0.3 is 0 Å². The highest BCUT2D eigenvalue weighted by Crippen LogP contribution is 2.27. The van der Waals surface area contributed by atoms with E-state index in [0.717, 1.165) is 43.2 Å². The van der Waals surface area contributed by atoms with Gasteiger partial charge in [-0.25, -0.2) is 9.97 Å². The number of carbonyl (C=O) groups is 1. The fourth-order valence-electron chi connectivity index (χ4n) is 3.23. The Labute approximate surface area is 162 Å². The molecule has 0 bridgehead atoms. The van der Waals surface area contributed by atoms with Gasteiger partial charge in [-0.05, 0) is 31.6 Å². The Morgan fingerprint density at radius 3 is 2.52 bits per heavy atom. The normalized spacial score (nSPS) is 15.2. The lowest BCUT2D eigenvalue weighted by Crippen LogP contribution is -2.36. The maximum Gasteiger partial charge on any atom is 0.256 e. The zero-order chi connectivity index (χ0) is 19.4. The summed E-state index contributed by atoms with van der Waals surface area (Å²) in [5, 5.41) is 3.01. The Balaban J connectivity index is 1.94. The molecule has 1 fully saturated rings. The van der Waals surface area contributed by atoms with Crippen molar-refractivity contribution in [2.75, 3.05) is 24.5 Å². The van der Waals surface area contributed by atoms with Crippen LogP contribution < -0.4 is 10.2 Å². The number of amides is 1. The zero-order valence-electron chi connectivity index (χ0n) is 16.8. The van der Waals surface area contributed by atoms with Crippen LogP contribution >= 0.6 is 0 Å². The van der Waals surface area contributed by atoms with Gasteiger partial charge < -0.3 is 10.2 Å². The maximum atomic E-state index is 12.8. The van der Waals surface area contributed by atoms with Gasteiger partial charge in [-0.1, -0.05) is 50.6 Å². The SMILES string of the molecule is Cc1ccc(-c2ncc(C(=O)NCC(C)C)c(N3CCC(C)CC3)n2)cc1. The Bertz CT molecular complexity index is 777. The fraction of sp³-hybridized carbons (Fsp3) is 0.500. The monoisotopic (exact) mass is 366 g/mol. The molecule has 2 aromatic rings. The highest BCUT2D eigenvalue weighted by Gasteiger charge is 2.23. The summed E-state index contributed by atoms with van der Waals surface area (Å²) in [6.45, 7) is 11.0. The van der Waals surface area contributed by atoms with Gasteiger partial charge in [0.2, 0.25) is 0 Å². The second-order valence-corrected chi connectivity index (χ2v) is 8.07. The standard InChI is InChI=1S/C22H30N4O/c1-15(2)13-24-22(27)19-14-23-20(18-7-5-16(3)6-8-18)25-21(19)26-11-9-17(4)10-12-26/h5-8,14-15,17H,9-13H2,1-4H3,(H,24,27). The van der Waals surface area contributed by atoms with Crippen LogP contribution in [0.3, 0.4) is 0 Å². The summed E-state index contributed by atoms with van der Waals surface area (Å²) in [7, 11) is 0. The summed E-state index contributed by atoms with van der Waals surface area (Å²) in [5.41, 5.74) is 2.75. The van der Waals surface area contributed by atoms with E-state index in [1.807, 2.05) is 12.1 Å². The number of rotatable bonds is 5. The summed E-state index contributed by atoms with van der Waals surface area (Å²) in [5.74, 6) is 2.46. The Morgan fingerprint density at radius 2 is 1.89 bits per heavy atom. The van der Waals surface area contributed by atoms with E-state index in [0.29, 0.717) is 23.9 Å². The summed E-state index contributed by atoms with van der Waals surface area (Å²) in [6.07, 6.45) is 3.93. The Morgan fingerprint density at radius 1 is 1.22 bits per heavy atom. The van der Waals surface area contributed by atoms with Crippen molar-refractivity contribution < 1.29 is 4.79 Å². The number of carbonyl (C=O) groups excluding carboxylic acids is 1. The van der Waals surface area contributed by atoms with Gasteiger partial charge in [0.1, 0.15) is 11.4 Å². The Hall–Kier alpha value is -2.43. The molecule has 0 unspecified atom stereocenters. The fourth-order valence-corrected chi connectivity index (χ4v) is 3.23. The number of nitrogens with one attached hydrogen (secondary N) is 1. The van der Waals surface area contributed by atoms with Gasteiger partial charge in [0.15, 0.2) is 5.82 Å². The van der Waals surface area contributed by atoms with Crippen molar-refractivity contribution in [3.05, 3.63) is 41.6 Å². The van der Waals surface area contributed by atoms with Crippen molar-refractivity contribution in [1.29, 1.82) is 0 Å². The first-order valence-corrected chi connectivity index (χ1v) is 9.91. The van der Waals surface area contributed by atoms with Crippen LogP contribution in [0, 0.1) is 18.8 Å². The average Bonchev–Trinajstić information content (AvgIpc) is 2.67. The number of hydrogen-bond acceptors (Lipinski definition) is 4. The van der Waals surface area contributed by atoms with Gasteiger partial charge in [0.25, 0.3) is 5.91 Å². The number of benzene rings is 1. The first kappa shape index (κ1) is 19.3. The number of aryl methyl sites for hydroxylation is 1. The largest absolute Gasteiger partial charge is 0.356 e. The zero-order valence-corrected chi connectivity index (χ0v) is 16.8. The van der Waals surface area contributed by atoms with Crippen LogP contribution in [0.4, 0.5) is 5.82 Å². The van der Waals surface area contributed by atoms with E-state index in [9.17, 15) is 4.79 Å². The molecule has 3 rings (SSSR count). The van der Waals surface area contributed by atoms with Crippen LogP contribution in [0.2, 0.25) is 0 Å². The minimum absolute atomic E-state index is 0.0900. The molecule has 5 heteroatoms. The minimum atomic E-state index is -0.0900. The van der Waals surface area contributed by atoms with Crippen LogP contribution in [0.25, 0.3) is 11.4 Å². The summed E-state index contributed by atoms with van der Waals surface area (Å²) < 4.78 is 0. The van der Waals surface area contributed by atoms with E-state index in [1.54, 1.807) is 6.20 Å². The molecule has 27 heavy (non-hydrogen) atoms. The lowest BCUT2D eigenvalue weighted by Gasteiger charge is -2.32. The van der Waals surface area contributed by atoms with E-state index < -0.39 is 0 Å². The molecule has 1 aromatic carbocycles. The third kappa shape index (κ3) is 4.85. The first-order chi connectivity index (χ1) is 12.9. The number of aromatic nitrogens is 2. The van der Waals surface area contributed by atoms with E-state index in [1.165, 1.54) is 5.56 Å². The quantitative estimate of drug-likeness (QED) is 0.866. The molecule has 144 valence electrons. The second-order valence-electron chi connectivity index (χ2n) is 8.07. The topological polar surface area (TPSA) is 58.1 Å². The third-order valence-corrected chi connectivity index (χ3v) is 5.08. The van der Waals surface area contributed by atoms with Crippen LogP contribution in [-0.4, -0.2) is 35.5 Å². The van der Waals surface area contributed by atoms with Crippen molar-refractivity contribution in [2.45, 2.75) is 40.5 Å². The minimum Gasteiger partial charge on any atom is -0.356 e. The molecule has 0 spiro atoms. The molecular formula is C22H30N4O. The summed E-state index contributed by atoms with van der Waals surface area (Å²) in [6, 6.07) is 8.19. The van der Waals surface area contributed by atoms with Crippen LogP contribution in [0.5, 0.6) is 0 Å². The van der Waals surface area contributed by atoms with Gasteiger partial charge in [0.05, 0.1) is 0 Å². The number of piperidine rings is 1. The predicted molar refractivity (Wildman–Crippen MR) is 110 cm³/mol. The molecule has 1 aliphatic heterocycles. The lowest BCUT2D eigenvalue weighted by molar-refractivity contribution is 0.0948. The maximum absolute atomic E-state index is 12.8. The van der Waals surface area contributed by atoms with Crippen molar-refractivity contribution >= 4 is 11.7 Å². The molecule has 0 aliphatic carbocycles. The third-order valence-electron chi connectivity index (χ3n) is 5.08. The van der Waals surface area contributed by atoms with Gasteiger partial charge in [-0.15, -0.1) is 0 Å². The van der Waals surface area contributed by atoms with Gasteiger partial charge in [-0.3, -0.25) is 4.79 Å². The second kappa shape index (κ2) is 8.51. The van der Waals surface area contributed by atoms with E-state index in [-0.39, 0.29) is 5.91 Å². The van der Waals surface area contributed by atoms with Gasteiger partial charge in [0, 0.05) is 31.4 Å². The van der Waals surface area contributed by atoms with Gasteiger partial charge in [-0.2, -0.15) is 0 Å². The van der Waals surface area contributed by atoms with Crippen LogP contribution in [0.15, 0.2) is 30.5 Å². The predicted octanol–water partition coefficient (Wildman–Crippen LogP) is 4.07. The van der Waals surface area contributed by atoms with E-state index in [4.69, 9.17) is 4.98 Å². The van der Waals surface area contributed by atoms with Crippen molar-refractivity contribution in [2.24, 2.45) is 11.8 Å². The molecule has 1 aromatic heterocycles. The number of nitrogens with zero attached hydrogens (tertiary/aromatic N) is 3. The molecule has 1 amide bonds. The summed E-state index contributed by atoms with van der Waals surface area (Å²) in [4.78, 5) is 24.3. The average molecular weight is 367 g/mol. The number of hydrogen-bond donors (Lipinski definition) is 1. The van der Waals surface area contributed by atoms with Crippen LogP contribution in [-0.2, 0) is 0 Å². The molecule has 0 saturated carbocycles.